The number of fused-ring (bicyclic) bond motifs is 2. The summed E-state index contributed by atoms with van der Waals surface area (Å²) in [5.41, 5.74) is 2.30. The Morgan fingerprint density at radius 1 is 0.824 bits per heavy atom. The molecule has 1 heterocycles. The van der Waals surface area contributed by atoms with E-state index in [1.54, 1.807) is 30.3 Å². The third kappa shape index (κ3) is 4.16. The van der Waals surface area contributed by atoms with E-state index in [9.17, 15) is 9.59 Å². The van der Waals surface area contributed by atoms with E-state index < -0.39 is 0 Å². The Kier molecular flexibility index (Phi) is 5.83. The molecule has 0 radical (unpaired) electrons. The molecule has 4 aromatic carbocycles. The van der Waals surface area contributed by atoms with Gasteiger partial charge in [0.25, 0.3) is 0 Å². The fourth-order valence-electron chi connectivity index (χ4n) is 4.13. The van der Waals surface area contributed by atoms with Crippen LogP contribution in [0.3, 0.4) is 0 Å². The average Bonchev–Trinajstić information content (AvgIpc) is 3.23. The molecule has 34 heavy (non-hydrogen) atoms. The van der Waals surface area contributed by atoms with Crippen molar-refractivity contribution in [3.8, 4) is 5.75 Å². The summed E-state index contributed by atoms with van der Waals surface area (Å²) in [6.45, 7) is 2.45. The van der Waals surface area contributed by atoms with Crippen LogP contribution in [0.1, 0.15) is 28.6 Å². The molecule has 0 aliphatic carbocycles. The minimum absolute atomic E-state index is 0.108. The van der Waals surface area contributed by atoms with E-state index >= 15 is 0 Å². The summed E-state index contributed by atoms with van der Waals surface area (Å²) in [5, 5.41) is 5.74. The Labute approximate surface area is 197 Å². The molecule has 0 aliphatic rings. The zero-order valence-corrected chi connectivity index (χ0v) is 18.7. The van der Waals surface area contributed by atoms with Crippen molar-refractivity contribution < 1.29 is 18.7 Å². The highest BCUT2D eigenvalue weighted by Gasteiger charge is 2.23. The van der Waals surface area contributed by atoms with Crippen molar-refractivity contribution in [2.75, 3.05) is 11.9 Å². The fourth-order valence-corrected chi connectivity index (χ4v) is 4.13. The number of hydrogen-bond acceptors (Lipinski definition) is 4. The number of carbonyl (C=O) groups excluding carboxylic acids is 2. The van der Waals surface area contributed by atoms with E-state index in [4.69, 9.17) is 9.15 Å². The minimum atomic E-state index is -0.306. The Balaban J connectivity index is 1.47. The summed E-state index contributed by atoms with van der Waals surface area (Å²) in [4.78, 5) is 26.4. The zero-order valence-electron chi connectivity index (χ0n) is 18.7. The van der Waals surface area contributed by atoms with Gasteiger partial charge in [-0.25, -0.2) is 0 Å². The lowest BCUT2D eigenvalue weighted by Crippen LogP contribution is -2.16. The van der Waals surface area contributed by atoms with Crippen LogP contribution < -0.4 is 10.1 Å². The average molecular weight is 450 g/mol. The maximum atomic E-state index is 13.3. The molecule has 5 heteroatoms. The summed E-state index contributed by atoms with van der Waals surface area (Å²) in [7, 11) is 0. The topological polar surface area (TPSA) is 68.5 Å². The number of ketones is 1. The Morgan fingerprint density at radius 2 is 1.53 bits per heavy atom. The normalized spacial score (nSPS) is 11.0. The molecule has 0 saturated carbocycles. The standard InChI is InChI=1S/C29H23NO4/c1-2-33-22-16-14-20(15-17-22)28(32)29-27(24-12-5-6-13-25(24)34-29)30-26(31)18-21-10-7-9-19-8-3-4-11-23(19)21/h3-17H,2,18H2,1H3,(H,30,31). The van der Waals surface area contributed by atoms with E-state index in [0.29, 0.717) is 34.6 Å². The number of hydrogen-bond donors (Lipinski definition) is 1. The summed E-state index contributed by atoms with van der Waals surface area (Å²) >= 11 is 0. The number of anilines is 1. The van der Waals surface area contributed by atoms with Gasteiger partial charge in [0.2, 0.25) is 11.7 Å². The van der Waals surface area contributed by atoms with Crippen LogP contribution in [0.5, 0.6) is 5.75 Å². The molecule has 0 fully saturated rings. The molecule has 1 N–H and O–H groups in total. The highest BCUT2D eigenvalue weighted by Crippen LogP contribution is 2.33. The summed E-state index contributed by atoms with van der Waals surface area (Å²) < 4.78 is 11.4. The Morgan fingerprint density at radius 3 is 2.32 bits per heavy atom. The molecule has 0 bridgehead atoms. The first kappa shape index (κ1) is 21.5. The molecule has 0 atom stereocenters. The molecule has 5 aromatic rings. The van der Waals surface area contributed by atoms with Crippen LogP contribution in [0.25, 0.3) is 21.7 Å². The molecule has 1 amide bonds. The number of ether oxygens (including phenoxy) is 1. The van der Waals surface area contributed by atoms with Crippen LogP contribution in [0.2, 0.25) is 0 Å². The Hall–Kier alpha value is -4.38. The molecular formula is C29H23NO4. The smallest absolute Gasteiger partial charge is 0.230 e. The number of furan rings is 1. The predicted octanol–water partition coefficient (Wildman–Crippen LogP) is 6.40. The van der Waals surface area contributed by atoms with E-state index in [1.807, 2.05) is 67.6 Å². The van der Waals surface area contributed by atoms with Crippen molar-refractivity contribution in [2.24, 2.45) is 0 Å². The molecule has 5 rings (SSSR count). The minimum Gasteiger partial charge on any atom is -0.494 e. The van der Waals surface area contributed by atoms with Crippen LogP contribution in [0.4, 0.5) is 5.69 Å². The van der Waals surface area contributed by atoms with Crippen molar-refractivity contribution in [1.82, 2.24) is 0 Å². The second-order valence-corrected chi connectivity index (χ2v) is 7.95. The SMILES string of the molecule is CCOc1ccc(C(=O)c2oc3ccccc3c2NC(=O)Cc2cccc3ccccc23)cc1. The van der Waals surface area contributed by atoms with E-state index in [1.165, 1.54) is 0 Å². The van der Waals surface area contributed by atoms with Crippen LogP contribution in [-0.4, -0.2) is 18.3 Å². The lowest BCUT2D eigenvalue weighted by atomic mass is 10.0. The third-order valence-electron chi connectivity index (χ3n) is 5.72. The number of nitrogens with one attached hydrogen (secondary N) is 1. The van der Waals surface area contributed by atoms with Crippen LogP contribution in [0, 0.1) is 0 Å². The number of rotatable bonds is 7. The van der Waals surface area contributed by atoms with Crippen LogP contribution in [-0.2, 0) is 11.2 Å². The second-order valence-electron chi connectivity index (χ2n) is 7.95. The van der Waals surface area contributed by atoms with Gasteiger partial charge in [0.1, 0.15) is 11.3 Å². The van der Waals surface area contributed by atoms with Gasteiger partial charge in [-0.3, -0.25) is 9.59 Å². The van der Waals surface area contributed by atoms with Gasteiger partial charge in [-0.05, 0) is 59.7 Å². The highest BCUT2D eigenvalue weighted by atomic mass is 16.5. The second kappa shape index (κ2) is 9.24. The molecule has 5 nitrogen and oxygen atoms in total. The number of carbonyl (C=O) groups is 2. The maximum Gasteiger partial charge on any atom is 0.230 e. The van der Waals surface area contributed by atoms with Crippen LogP contribution in [0.15, 0.2) is 95.4 Å². The van der Waals surface area contributed by atoms with Gasteiger partial charge in [0.15, 0.2) is 5.76 Å². The van der Waals surface area contributed by atoms with Gasteiger partial charge >= 0.3 is 0 Å². The van der Waals surface area contributed by atoms with Gasteiger partial charge in [-0.1, -0.05) is 54.6 Å². The molecule has 1 aromatic heterocycles. The lowest BCUT2D eigenvalue weighted by Gasteiger charge is -2.09. The Bertz CT molecular complexity index is 1490. The van der Waals surface area contributed by atoms with Crippen molar-refractivity contribution in [3.05, 3.63) is 108 Å². The van der Waals surface area contributed by atoms with Gasteiger partial charge in [-0.15, -0.1) is 0 Å². The third-order valence-corrected chi connectivity index (χ3v) is 5.72. The lowest BCUT2D eigenvalue weighted by molar-refractivity contribution is -0.115. The number of benzene rings is 4. The van der Waals surface area contributed by atoms with Gasteiger partial charge in [0.05, 0.1) is 18.7 Å². The first-order chi connectivity index (χ1) is 16.6. The van der Waals surface area contributed by atoms with Gasteiger partial charge in [0, 0.05) is 10.9 Å². The summed E-state index contributed by atoms with van der Waals surface area (Å²) in [6, 6.07) is 28.1. The summed E-state index contributed by atoms with van der Waals surface area (Å²) in [5.74, 6) is 0.271. The predicted molar refractivity (Wildman–Crippen MR) is 134 cm³/mol. The zero-order chi connectivity index (χ0) is 23.5. The number of amides is 1. The largest absolute Gasteiger partial charge is 0.494 e. The van der Waals surface area contributed by atoms with Gasteiger partial charge in [-0.2, -0.15) is 0 Å². The molecular weight excluding hydrogens is 426 g/mol. The molecule has 0 aliphatic heterocycles. The maximum absolute atomic E-state index is 13.3. The quantitative estimate of drug-likeness (QED) is 0.292. The van der Waals surface area contributed by atoms with E-state index in [-0.39, 0.29) is 23.9 Å². The van der Waals surface area contributed by atoms with E-state index in [0.717, 1.165) is 16.3 Å². The van der Waals surface area contributed by atoms with Crippen molar-refractivity contribution in [1.29, 1.82) is 0 Å². The molecule has 0 spiro atoms. The van der Waals surface area contributed by atoms with Crippen molar-refractivity contribution >= 4 is 39.1 Å². The van der Waals surface area contributed by atoms with Crippen LogP contribution >= 0.6 is 0 Å². The first-order valence-electron chi connectivity index (χ1n) is 11.2. The summed E-state index contributed by atoms with van der Waals surface area (Å²) in [6.07, 6.45) is 0.178. The van der Waals surface area contributed by atoms with Crippen molar-refractivity contribution in [3.63, 3.8) is 0 Å². The highest BCUT2D eigenvalue weighted by molar-refractivity contribution is 6.17. The van der Waals surface area contributed by atoms with Gasteiger partial charge < -0.3 is 14.5 Å². The monoisotopic (exact) mass is 449 g/mol. The number of para-hydroxylation sites is 1. The van der Waals surface area contributed by atoms with E-state index in [2.05, 4.69) is 5.32 Å². The fraction of sp³-hybridized carbons (Fsp3) is 0.103. The van der Waals surface area contributed by atoms with Crippen molar-refractivity contribution in [2.45, 2.75) is 13.3 Å². The molecule has 0 unspecified atom stereocenters. The first-order valence-corrected chi connectivity index (χ1v) is 11.2. The molecule has 0 saturated heterocycles. The molecule has 168 valence electrons.